The van der Waals surface area contributed by atoms with Crippen LogP contribution in [-0.4, -0.2) is 9.86 Å². The Hall–Kier alpha value is -1.92. The second kappa shape index (κ2) is 6.46. The third kappa shape index (κ3) is 3.28. The minimum Gasteiger partial charge on any atom is -0.350 e. The Balaban J connectivity index is 1.68. The number of aromatic nitrogens is 1. The van der Waals surface area contributed by atoms with Gasteiger partial charge in [0.1, 0.15) is 6.54 Å². The highest BCUT2D eigenvalue weighted by molar-refractivity contribution is 9.10. The summed E-state index contributed by atoms with van der Waals surface area (Å²) in [5, 5.41) is 3.49. The highest BCUT2D eigenvalue weighted by atomic mass is 79.9. The second-order valence-electron chi connectivity index (χ2n) is 4.84. The van der Waals surface area contributed by atoms with Crippen molar-refractivity contribution in [3.63, 3.8) is 0 Å². The maximum Gasteiger partial charge on any atom is 0.268 e. The van der Waals surface area contributed by atoms with Gasteiger partial charge in [0.05, 0.1) is 10.1 Å². The molecule has 0 unspecified atom stereocenters. The van der Waals surface area contributed by atoms with Crippen LogP contribution in [0.4, 0.5) is 0 Å². The molecule has 112 valence electrons. The molecule has 1 aromatic heterocycles. The van der Waals surface area contributed by atoms with E-state index in [4.69, 9.17) is 0 Å². The topological polar surface area (TPSA) is 51.1 Å². The minimum atomic E-state index is -0.173. The number of amides is 1. The van der Waals surface area contributed by atoms with E-state index in [0.717, 1.165) is 14.7 Å². The number of benzene rings is 2. The van der Waals surface area contributed by atoms with E-state index >= 15 is 0 Å². The van der Waals surface area contributed by atoms with Gasteiger partial charge in [-0.3, -0.25) is 13.5 Å². The summed E-state index contributed by atoms with van der Waals surface area (Å²) in [4.78, 5) is 24.2. The van der Waals surface area contributed by atoms with E-state index in [1.807, 2.05) is 42.5 Å². The van der Waals surface area contributed by atoms with Gasteiger partial charge in [-0.1, -0.05) is 51.7 Å². The van der Waals surface area contributed by atoms with Crippen LogP contribution in [0.1, 0.15) is 5.56 Å². The zero-order chi connectivity index (χ0) is 15.5. The van der Waals surface area contributed by atoms with Gasteiger partial charge in [0.2, 0.25) is 5.91 Å². The van der Waals surface area contributed by atoms with Gasteiger partial charge in [-0.25, -0.2) is 0 Å². The lowest BCUT2D eigenvalue weighted by molar-refractivity contribution is -0.121. The van der Waals surface area contributed by atoms with E-state index in [-0.39, 0.29) is 18.0 Å². The molecule has 0 radical (unpaired) electrons. The fraction of sp³-hybridized carbons (Fsp3) is 0.125. The van der Waals surface area contributed by atoms with Gasteiger partial charge in [-0.15, -0.1) is 0 Å². The number of hydrogen-bond donors (Lipinski definition) is 1. The van der Waals surface area contributed by atoms with Crippen LogP contribution in [0.3, 0.4) is 0 Å². The van der Waals surface area contributed by atoms with Gasteiger partial charge in [-0.05, 0) is 29.8 Å². The SMILES string of the molecule is O=C(Cn1sc2ccccc2c1=O)NCc1cccc(Br)c1. The first-order valence-corrected chi connectivity index (χ1v) is 8.30. The van der Waals surface area contributed by atoms with Gasteiger partial charge in [0.15, 0.2) is 0 Å². The van der Waals surface area contributed by atoms with Gasteiger partial charge in [-0.2, -0.15) is 0 Å². The van der Waals surface area contributed by atoms with Crippen LogP contribution in [0.25, 0.3) is 10.1 Å². The molecule has 0 atom stereocenters. The van der Waals surface area contributed by atoms with Crippen molar-refractivity contribution in [1.29, 1.82) is 0 Å². The Morgan fingerprint density at radius 3 is 2.77 bits per heavy atom. The fourth-order valence-electron chi connectivity index (χ4n) is 2.16. The Morgan fingerprint density at radius 2 is 2.00 bits per heavy atom. The van der Waals surface area contributed by atoms with E-state index in [2.05, 4.69) is 21.2 Å². The highest BCUT2D eigenvalue weighted by Crippen LogP contribution is 2.15. The number of fused-ring (bicyclic) bond motifs is 1. The van der Waals surface area contributed by atoms with Crippen molar-refractivity contribution in [3.8, 4) is 0 Å². The van der Waals surface area contributed by atoms with Crippen molar-refractivity contribution in [3.05, 3.63) is 68.9 Å². The Labute approximate surface area is 139 Å². The molecule has 3 rings (SSSR count). The van der Waals surface area contributed by atoms with E-state index in [0.29, 0.717) is 11.9 Å². The third-order valence-corrected chi connectivity index (χ3v) is 4.78. The van der Waals surface area contributed by atoms with Crippen molar-refractivity contribution >= 4 is 43.5 Å². The Bertz CT molecular complexity index is 885. The predicted molar refractivity (Wildman–Crippen MR) is 92.1 cm³/mol. The van der Waals surface area contributed by atoms with E-state index < -0.39 is 0 Å². The first-order valence-electron chi connectivity index (χ1n) is 6.73. The summed E-state index contributed by atoms with van der Waals surface area (Å²) in [5.41, 5.74) is 0.893. The maximum atomic E-state index is 12.2. The van der Waals surface area contributed by atoms with Crippen molar-refractivity contribution in [2.45, 2.75) is 13.1 Å². The standard InChI is InChI=1S/C16H13BrN2O2S/c17-12-5-3-4-11(8-12)9-18-15(20)10-19-16(21)13-6-1-2-7-14(13)22-19/h1-8H,9-10H2,(H,18,20). The molecule has 1 heterocycles. The molecule has 1 amide bonds. The number of rotatable bonds is 4. The monoisotopic (exact) mass is 376 g/mol. The van der Waals surface area contributed by atoms with Crippen LogP contribution < -0.4 is 10.9 Å². The van der Waals surface area contributed by atoms with Gasteiger partial charge < -0.3 is 5.32 Å². The molecule has 3 aromatic rings. The number of nitrogens with one attached hydrogen (secondary N) is 1. The van der Waals surface area contributed by atoms with Crippen molar-refractivity contribution in [1.82, 2.24) is 9.27 Å². The molecule has 0 fully saturated rings. The molecule has 0 bridgehead atoms. The zero-order valence-corrected chi connectivity index (χ0v) is 14.0. The van der Waals surface area contributed by atoms with Gasteiger partial charge in [0, 0.05) is 11.0 Å². The highest BCUT2D eigenvalue weighted by Gasteiger charge is 2.10. The normalized spacial score (nSPS) is 10.8. The molecular formula is C16H13BrN2O2S. The van der Waals surface area contributed by atoms with Crippen LogP contribution >= 0.6 is 27.5 Å². The number of nitrogens with zero attached hydrogens (tertiary/aromatic N) is 1. The van der Waals surface area contributed by atoms with Crippen LogP contribution in [-0.2, 0) is 17.9 Å². The molecule has 0 saturated carbocycles. The number of carbonyl (C=O) groups excluding carboxylic acids is 1. The molecule has 6 heteroatoms. The first kappa shape index (κ1) is 15.0. The molecule has 1 N–H and O–H groups in total. The van der Waals surface area contributed by atoms with Crippen LogP contribution in [0.2, 0.25) is 0 Å². The molecule has 0 aliphatic heterocycles. The quantitative estimate of drug-likeness (QED) is 0.760. The number of halogens is 1. The first-order chi connectivity index (χ1) is 10.6. The average molecular weight is 377 g/mol. The molecule has 0 aliphatic carbocycles. The summed E-state index contributed by atoms with van der Waals surface area (Å²) in [5.74, 6) is -0.173. The summed E-state index contributed by atoms with van der Waals surface area (Å²) in [6.07, 6.45) is 0. The van der Waals surface area contributed by atoms with Gasteiger partial charge in [0.25, 0.3) is 5.56 Å². The number of carbonyl (C=O) groups is 1. The van der Waals surface area contributed by atoms with Gasteiger partial charge >= 0.3 is 0 Å². The van der Waals surface area contributed by atoms with Crippen molar-refractivity contribution in [2.75, 3.05) is 0 Å². The summed E-state index contributed by atoms with van der Waals surface area (Å²) >= 11 is 4.71. The van der Waals surface area contributed by atoms with Crippen molar-refractivity contribution in [2.24, 2.45) is 0 Å². The Kier molecular flexibility index (Phi) is 4.40. The molecular weight excluding hydrogens is 364 g/mol. The summed E-state index contributed by atoms with van der Waals surface area (Å²) in [6, 6.07) is 15.1. The van der Waals surface area contributed by atoms with E-state index in [1.165, 1.54) is 15.5 Å². The molecule has 2 aromatic carbocycles. The predicted octanol–water partition coefficient (Wildman–Crippen LogP) is 3.14. The minimum absolute atomic E-state index is 0.0478. The van der Waals surface area contributed by atoms with Crippen LogP contribution in [0, 0.1) is 0 Å². The lowest BCUT2D eigenvalue weighted by Gasteiger charge is -2.05. The van der Waals surface area contributed by atoms with Crippen molar-refractivity contribution < 1.29 is 4.79 Å². The average Bonchev–Trinajstić information content (AvgIpc) is 2.82. The smallest absolute Gasteiger partial charge is 0.268 e. The molecule has 0 aliphatic rings. The summed E-state index contributed by atoms with van der Waals surface area (Å²) in [7, 11) is 0. The maximum absolute atomic E-state index is 12.2. The Morgan fingerprint density at radius 1 is 1.18 bits per heavy atom. The molecule has 0 spiro atoms. The van der Waals surface area contributed by atoms with E-state index in [1.54, 1.807) is 6.07 Å². The second-order valence-corrected chi connectivity index (χ2v) is 6.81. The van der Waals surface area contributed by atoms with Crippen LogP contribution in [0.5, 0.6) is 0 Å². The third-order valence-electron chi connectivity index (χ3n) is 3.22. The lowest BCUT2D eigenvalue weighted by Crippen LogP contribution is -2.29. The lowest BCUT2D eigenvalue weighted by atomic mass is 10.2. The van der Waals surface area contributed by atoms with E-state index in [9.17, 15) is 9.59 Å². The number of hydrogen-bond acceptors (Lipinski definition) is 3. The molecule has 22 heavy (non-hydrogen) atoms. The summed E-state index contributed by atoms with van der Waals surface area (Å²) < 4.78 is 3.35. The zero-order valence-electron chi connectivity index (χ0n) is 11.6. The van der Waals surface area contributed by atoms with Crippen LogP contribution in [0.15, 0.2) is 57.8 Å². The molecule has 0 saturated heterocycles. The largest absolute Gasteiger partial charge is 0.350 e. The summed E-state index contributed by atoms with van der Waals surface area (Å²) in [6.45, 7) is 0.490. The molecule has 4 nitrogen and oxygen atoms in total. The fourth-order valence-corrected chi connectivity index (χ4v) is 3.60.